The number of H-pyrrole nitrogens is 1. The summed E-state index contributed by atoms with van der Waals surface area (Å²) in [7, 11) is 0. The molecule has 0 aliphatic carbocycles. The van der Waals surface area contributed by atoms with Crippen molar-refractivity contribution in [3.8, 4) is 23.2 Å². The highest BCUT2D eigenvalue weighted by Crippen LogP contribution is 2.46. The molecule has 3 aromatic rings. The third kappa shape index (κ3) is 3.59. The Hall–Kier alpha value is -3.11. The lowest BCUT2D eigenvalue weighted by atomic mass is 9.83. The van der Waals surface area contributed by atoms with Crippen LogP contribution in [0.15, 0.2) is 58.4 Å². The van der Waals surface area contributed by atoms with E-state index in [9.17, 15) is 9.65 Å². The van der Waals surface area contributed by atoms with Crippen LogP contribution < -0.4 is 10.5 Å². The molecule has 3 N–H and O–H groups in total. The van der Waals surface area contributed by atoms with E-state index in [1.807, 2.05) is 12.1 Å². The molecule has 1 aliphatic rings. The highest BCUT2D eigenvalue weighted by atomic mass is 79.9. The van der Waals surface area contributed by atoms with Crippen LogP contribution in [0.3, 0.4) is 0 Å². The first-order chi connectivity index (χ1) is 14.4. The summed E-state index contributed by atoms with van der Waals surface area (Å²) < 4.78 is 19.8. The third-order valence-corrected chi connectivity index (χ3v) is 5.71. The van der Waals surface area contributed by atoms with Gasteiger partial charge in [0.05, 0.1) is 21.6 Å². The maximum Gasteiger partial charge on any atom is 0.244 e. The molecule has 2 aromatic carbocycles. The molecule has 30 heavy (non-hydrogen) atoms. The van der Waals surface area contributed by atoms with Gasteiger partial charge in [0.2, 0.25) is 11.8 Å². The molecule has 0 spiro atoms. The topological polar surface area (TPSA) is 87.7 Å². The lowest BCUT2D eigenvalue weighted by Gasteiger charge is -2.24. The predicted molar refractivity (Wildman–Crippen MR) is 116 cm³/mol. The molecule has 1 aromatic heterocycles. The second-order valence-corrected chi connectivity index (χ2v) is 8.57. The first-order valence-electron chi connectivity index (χ1n) is 9.59. The van der Waals surface area contributed by atoms with Crippen molar-refractivity contribution in [1.29, 1.82) is 5.26 Å². The Kier molecular flexibility index (Phi) is 5.35. The van der Waals surface area contributed by atoms with Crippen LogP contribution in [0.5, 0.6) is 5.88 Å². The van der Waals surface area contributed by atoms with Crippen molar-refractivity contribution >= 4 is 15.9 Å². The molecule has 152 valence electrons. The highest BCUT2D eigenvalue weighted by molar-refractivity contribution is 9.10. The number of allylic oxidation sites excluding steroid dienone is 1. The van der Waals surface area contributed by atoms with Gasteiger partial charge in [0.1, 0.15) is 17.5 Å². The standard InChI is InChI=1S/C23H20BrFN4O/c1-12(2)9-13-3-5-14(6-4-13)21-20-19(15-7-8-18(25)17(24)10-15)16(11-26)22(27)30-23(20)29-28-21/h3-8,10,12,19H,9,27H2,1-2H3,(H,28,29)/t19-/m1/s1. The van der Waals surface area contributed by atoms with Gasteiger partial charge in [0.25, 0.3) is 0 Å². The average molecular weight is 467 g/mol. The largest absolute Gasteiger partial charge is 0.420 e. The monoisotopic (exact) mass is 466 g/mol. The fourth-order valence-electron chi connectivity index (χ4n) is 3.77. The van der Waals surface area contributed by atoms with Crippen LogP contribution in [0.1, 0.15) is 36.5 Å². The number of nitrogens with two attached hydrogens (primary N) is 1. The first-order valence-corrected chi connectivity index (χ1v) is 10.4. The van der Waals surface area contributed by atoms with Crippen LogP contribution in [0.2, 0.25) is 0 Å². The molecule has 0 radical (unpaired) electrons. The maximum absolute atomic E-state index is 13.8. The highest BCUT2D eigenvalue weighted by Gasteiger charge is 2.35. The second kappa shape index (κ2) is 7.96. The fraction of sp³-hybridized carbons (Fsp3) is 0.217. The molecule has 0 unspecified atom stereocenters. The minimum Gasteiger partial charge on any atom is -0.420 e. The van der Waals surface area contributed by atoms with E-state index in [4.69, 9.17) is 10.5 Å². The van der Waals surface area contributed by atoms with Crippen molar-refractivity contribution in [1.82, 2.24) is 10.2 Å². The van der Waals surface area contributed by atoms with Gasteiger partial charge in [0, 0.05) is 5.56 Å². The Morgan fingerprint density at radius 3 is 2.63 bits per heavy atom. The SMILES string of the molecule is CC(C)Cc1ccc(-c2[nH]nc3c2[C@H](c2ccc(F)c(Br)c2)C(C#N)=C(N)O3)cc1. The molecule has 5 nitrogen and oxygen atoms in total. The Bertz CT molecular complexity index is 1170. The minimum atomic E-state index is -0.528. The molecule has 2 heterocycles. The van der Waals surface area contributed by atoms with E-state index in [1.54, 1.807) is 12.1 Å². The number of benzene rings is 2. The van der Waals surface area contributed by atoms with Crippen molar-refractivity contribution in [2.45, 2.75) is 26.2 Å². The lowest BCUT2D eigenvalue weighted by molar-refractivity contribution is 0.379. The van der Waals surface area contributed by atoms with Crippen molar-refractivity contribution in [3.05, 3.63) is 80.9 Å². The molecular formula is C23H20BrFN4O. The predicted octanol–water partition coefficient (Wildman–Crippen LogP) is 5.39. The van der Waals surface area contributed by atoms with Crippen molar-refractivity contribution < 1.29 is 9.13 Å². The van der Waals surface area contributed by atoms with Gasteiger partial charge in [-0.3, -0.25) is 5.10 Å². The van der Waals surface area contributed by atoms with E-state index in [0.717, 1.165) is 17.7 Å². The number of rotatable bonds is 4. The molecule has 0 saturated heterocycles. The number of aromatic nitrogens is 2. The first kappa shape index (κ1) is 20.2. The molecular weight excluding hydrogens is 447 g/mol. The minimum absolute atomic E-state index is 0.000721. The summed E-state index contributed by atoms with van der Waals surface area (Å²) in [6.45, 7) is 4.37. The summed E-state index contributed by atoms with van der Waals surface area (Å²) in [4.78, 5) is 0. The second-order valence-electron chi connectivity index (χ2n) is 7.71. The van der Waals surface area contributed by atoms with Gasteiger partial charge in [-0.05, 0) is 51.5 Å². The van der Waals surface area contributed by atoms with E-state index in [-0.39, 0.29) is 17.3 Å². The zero-order valence-corrected chi connectivity index (χ0v) is 18.1. The van der Waals surface area contributed by atoms with Crippen LogP contribution in [0.25, 0.3) is 11.3 Å². The van der Waals surface area contributed by atoms with Gasteiger partial charge in [-0.2, -0.15) is 5.26 Å². The maximum atomic E-state index is 13.8. The van der Waals surface area contributed by atoms with Crippen LogP contribution in [0, 0.1) is 23.1 Å². The van der Waals surface area contributed by atoms with Crippen LogP contribution in [-0.2, 0) is 6.42 Å². The Morgan fingerprint density at radius 1 is 1.27 bits per heavy atom. The molecule has 0 bridgehead atoms. The number of ether oxygens (including phenoxy) is 1. The fourth-order valence-corrected chi connectivity index (χ4v) is 4.17. The average Bonchev–Trinajstić information content (AvgIpc) is 3.12. The number of hydrogen-bond acceptors (Lipinski definition) is 4. The van der Waals surface area contributed by atoms with Gasteiger partial charge >= 0.3 is 0 Å². The smallest absolute Gasteiger partial charge is 0.244 e. The molecule has 1 atom stereocenters. The molecule has 1 aliphatic heterocycles. The number of nitriles is 1. The van der Waals surface area contributed by atoms with Crippen molar-refractivity contribution in [3.63, 3.8) is 0 Å². The summed E-state index contributed by atoms with van der Waals surface area (Å²) in [5, 5.41) is 17.1. The number of aromatic amines is 1. The zero-order chi connectivity index (χ0) is 21.4. The van der Waals surface area contributed by atoms with Crippen LogP contribution in [-0.4, -0.2) is 10.2 Å². The van der Waals surface area contributed by atoms with Gasteiger partial charge in [0.15, 0.2) is 0 Å². The lowest BCUT2D eigenvalue weighted by Crippen LogP contribution is -2.21. The number of fused-ring (bicyclic) bond motifs is 1. The summed E-state index contributed by atoms with van der Waals surface area (Å²) in [6.07, 6.45) is 0.995. The van der Waals surface area contributed by atoms with Gasteiger partial charge in [-0.15, -0.1) is 5.10 Å². The summed E-state index contributed by atoms with van der Waals surface area (Å²) in [6, 6.07) is 15.0. The molecule has 7 heteroatoms. The van der Waals surface area contributed by atoms with Crippen molar-refractivity contribution in [2.75, 3.05) is 0 Å². The Labute approximate surface area is 182 Å². The molecule has 4 rings (SSSR count). The van der Waals surface area contributed by atoms with E-state index in [0.29, 0.717) is 27.4 Å². The Morgan fingerprint density at radius 2 is 2.00 bits per heavy atom. The number of halogens is 2. The summed E-state index contributed by atoms with van der Waals surface area (Å²) in [5.41, 5.74) is 10.6. The van der Waals surface area contributed by atoms with Gasteiger partial charge < -0.3 is 10.5 Å². The Balaban J connectivity index is 1.84. The third-order valence-electron chi connectivity index (χ3n) is 5.10. The number of nitrogens with one attached hydrogen (secondary N) is 1. The molecule has 0 fully saturated rings. The normalized spacial score (nSPS) is 15.7. The van der Waals surface area contributed by atoms with E-state index in [2.05, 4.69) is 58.2 Å². The van der Waals surface area contributed by atoms with Crippen molar-refractivity contribution in [2.24, 2.45) is 11.7 Å². The van der Waals surface area contributed by atoms with Gasteiger partial charge in [-0.25, -0.2) is 4.39 Å². The summed E-state index contributed by atoms with van der Waals surface area (Å²) in [5.74, 6) is -0.0230. The van der Waals surface area contributed by atoms with E-state index in [1.165, 1.54) is 11.6 Å². The molecule has 0 saturated carbocycles. The quantitative estimate of drug-likeness (QED) is 0.538. The number of hydrogen-bond donors (Lipinski definition) is 2. The van der Waals surface area contributed by atoms with E-state index < -0.39 is 5.92 Å². The van der Waals surface area contributed by atoms with E-state index >= 15 is 0 Å². The summed E-state index contributed by atoms with van der Waals surface area (Å²) >= 11 is 3.23. The van der Waals surface area contributed by atoms with Crippen LogP contribution in [0.4, 0.5) is 4.39 Å². The van der Waals surface area contributed by atoms with Crippen LogP contribution >= 0.6 is 15.9 Å². The van der Waals surface area contributed by atoms with Gasteiger partial charge in [-0.1, -0.05) is 44.2 Å². The zero-order valence-electron chi connectivity index (χ0n) is 16.5. The number of nitrogens with zero attached hydrogens (tertiary/aromatic N) is 2. The molecule has 0 amide bonds.